The zero-order chi connectivity index (χ0) is 28.3. The number of methoxy groups -OCH3 is 1. The maximum absolute atomic E-state index is 14.0. The van der Waals surface area contributed by atoms with Gasteiger partial charge < -0.3 is 24.2 Å². The smallest absolute Gasteiger partial charge is 0.340 e. The Morgan fingerprint density at radius 1 is 1.26 bits per heavy atom. The third-order valence-corrected chi connectivity index (χ3v) is 8.81. The predicted molar refractivity (Wildman–Crippen MR) is 138 cm³/mol. The van der Waals surface area contributed by atoms with Gasteiger partial charge in [-0.3, -0.25) is 19.4 Å². The Hall–Kier alpha value is -3.79. The van der Waals surface area contributed by atoms with Gasteiger partial charge in [-0.1, -0.05) is 6.92 Å². The van der Waals surface area contributed by atoms with Gasteiger partial charge in [-0.15, -0.1) is 0 Å². The van der Waals surface area contributed by atoms with Crippen LogP contribution in [0.2, 0.25) is 0 Å². The van der Waals surface area contributed by atoms with E-state index in [1.165, 1.54) is 20.2 Å². The number of aliphatic hydroxyl groups is 1. The van der Waals surface area contributed by atoms with E-state index >= 15 is 0 Å². The number of aliphatic hydroxyl groups excluding tert-OH is 1. The third kappa shape index (κ3) is 3.92. The Balaban J connectivity index is 1.76. The van der Waals surface area contributed by atoms with Crippen LogP contribution in [0.3, 0.4) is 0 Å². The van der Waals surface area contributed by atoms with Gasteiger partial charge in [0.05, 0.1) is 17.6 Å². The Kier molecular flexibility index (Phi) is 6.49. The number of allylic oxidation sites excluding steroid dienone is 1. The number of anilines is 1. The van der Waals surface area contributed by atoms with Gasteiger partial charge in [0.1, 0.15) is 18.0 Å². The Labute approximate surface area is 226 Å². The minimum atomic E-state index is -1.28. The molecule has 2 fully saturated rings. The van der Waals surface area contributed by atoms with Crippen molar-refractivity contribution < 1.29 is 38.5 Å². The number of esters is 2. The summed E-state index contributed by atoms with van der Waals surface area (Å²) in [5.74, 6) is -3.01. The van der Waals surface area contributed by atoms with Crippen molar-refractivity contribution in [3.8, 4) is 0 Å². The zero-order valence-corrected chi connectivity index (χ0v) is 22.6. The summed E-state index contributed by atoms with van der Waals surface area (Å²) in [5, 5.41) is 11.6. The summed E-state index contributed by atoms with van der Waals surface area (Å²) in [5.41, 5.74) is -0.677. The van der Waals surface area contributed by atoms with E-state index in [2.05, 4.69) is 4.98 Å². The first-order valence-corrected chi connectivity index (χ1v) is 12.9. The standard InChI is InChI=1S/C29H32N2O8/c1-15(32)38-19-12-28(2)18(6-7-20(28)33)22-24(19)29(3)21(14-37-5)39-27(36)17(23(29)26(35)25(22)34)13-31(4)16-8-10-30-11-9-16/h8-11,13,18-19,21,35H,6-7,12,14H2,1-5H3/b17-13-/t18-,19+,21+,28-,29-/m0/s1. The van der Waals surface area contributed by atoms with Crippen molar-refractivity contribution in [2.75, 3.05) is 25.7 Å². The van der Waals surface area contributed by atoms with E-state index in [4.69, 9.17) is 14.2 Å². The van der Waals surface area contributed by atoms with Crippen LogP contribution in [-0.4, -0.2) is 66.6 Å². The molecule has 39 heavy (non-hydrogen) atoms. The Bertz CT molecular complexity index is 1360. The molecule has 1 N–H and O–H groups in total. The van der Waals surface area contributed by atoms with E-state index in [0.717, 1.165) is 0 Å². The first kappa shape index (κ1) is 26.8. The minimum absolute atomic E-state index is 0.000950. The number of cyclic esters (lactones) is 1. The van der Waals surface area contributed by atoms with Crippen molar-refractivity contribution in [1.29, 1.82) is 0 Å². The molecule has 10 heteroatoms. The van der Waals surface area contributed by atoms with Gasteiger partial charge in [0.25, 0.3) is 0 Å². The summed E-state index contributed by atoms with van der Waals surface area (Å²) in [7, 11) is 3.18. The molecule has 0 spiro atoms. The van der Waals surface area contributed by atoms with Crippen LogP contribution in [0, 0.1) is 16.7 Å². The van der Waals surface area contributed by atoms with Gasteiger partial charge in [0, 0.05) is 80.7 Å². The molecule has 0 amide bonds. The fourth-order valence-electron chi connectivity index (χ4n) is 6.93. The molecule has 0 radical (unpaired) electrons. The highest BCUT2D eigenvalue weighted by Crippen LogP contribution is 2.62. The fourth-order valence-corrected chi connectivity index (χ4v) is 6.93. The molecule has 1 aliphatic heterocycles. The van der Waals surface area contributed by atoms with Crippen LogP contribution in [0.15, 0.2) is 58.8 Å². The topological polar surface area (TPSA) is 132 Å². The highest BCUT2D eigenvalue weighted by molar-refractivity contribution is 6.14. The van der Waals surface area contributed by atoms with Crippen molar-refractivity contribution in [3.63, 3.8) is 0 Å². The fraction of sp³-hybridized carbons (Fsp3) is 0.483. The molecule has 1 saturated carbocycles. The molecule has 2 heterocycles. The van der Waals surface area contributed by atoms with Crippen LogP contribution < -0.4 is 4.90 Å². The largest absolute Gasteiger partial charge is 0.504 e. The van der Waals surface area contributed by atoms with Crippen LogP contribution in [-0.2, 0) is 33.4 Å². The number of pyridine rings is 1. The number of rotatable bonds is 5. The number of ether oxygens (including phenoxy) is 3. The van der Waals surface area contributed by atoms with E-state index in [1.54, 1.807) is 50.3 Å². The van der Waals surface area contributed by atoms with Gasteiger partial charge in [-0.25, -0.2) is 4.79 Å². The maximum Gasteiger partial charge on any atom is 0.340 e. The number of hydrogen-bond donors (Lipinski definition) is 1. The number of Topliss-reactive ketones (excluding diaryl/α,β-unsaturated/α-hetero) is 2. The van der Waals surface area contributed by atoms with Crippen LogP contribution in [0.5, 0.6) is 0 Å². The molecule has 4 aliphatic rings. The highest BCUT2D eigenvalue weighted by atomic mass is 16.6. The van der Waals surface area contributed by atoms with Crippen LogP contribution in [0.4, 0.5) is 5.69 Å². The summed E-state index contributed by atoms with van der Waals surface area (Å²) in [6.45, 7) is 4.80. The van der Waals surface area contributed by atoms with Crippen molar-refractivity contribution in [1.82, 2.24) is 4.98 Å². The van der Waals surface area contributed by atoms with E-state index in [0.29, 0.717) is 17.7 Å². The van der Waals surface area contributed by atoms with Crippen molar-refractivity contribution in [3.05, 3.63) is 58.8 Å². The third-order valence-electron chi connectivity index (χ3n) is 8.81. The molecule has 0 unspecified atom stereocenters. The van der Waals surface area contributed by atoms with Gasteiger partial charge in [-0.05, 0) is 31.1 Å². The summed E-state index contributed by atoms with van der Waals surface area (Å²) < 4.78 is 17.1. The quantitative estimate of drug-likeness (QED) is 0.442. The average Bonchev–Trinajstić information content (AvgIpc) is 3.18. The van der Waals surface area contributed by atoms with Gasteiger partial charge in [0.15, 0.2) is 5.76 Å². The van der Waals surface area contributed by atoms with Crippen LogP contribution in [0.1, 0.15) is 40.0 Å². The number of ketones is 2. The lowest BCUT2D eigenvalue weighted by Gasteiger charge is -2.53. The first-order valence-electron chi connectivity index (χ1n) is 12.9. The molecular formula is C29H32N2O8. The molecular weight excluding hydrogens is 504 g/mol. The first-order chi connectivity index (χ1) is 18.4. The Morgan fingerprint density at radius 3 is 2.59 bits per heavy atom. The highest BCUT2D eigenvalue weighted by Gasteiger charge is 2.64. The number of aromatic nitrogens is 1. The molecule has 206 valence electrons. The molecule has 10 nitrogen and oxygen atoms in total. The summed E-state index contributed by atoms with van der Waals surface area (Å²) >= 11 is 0. The van der Waals surface area contributed by atoms with E-state index in [1.807, 2.05) is 0 Å². The van der Waals surface area contributed by atoms with Crippen LogP contribution >= 0.6 is 0 Å². The van der Waals surface area contributed by atoms with Gasteiger partial charge in [-0.2, -0.15) is 0 Å². The molecule has 0 bridgehead atoms. The molecule has 1 aromatic heterocycles. The van der Waals surface area contributed by atoms with E-state index in [-0.39, 0.29) is 42.0 Å². The molecule has 0 aromatic carbocycles. The maximum atomic E-state index is 14.0. The molecule has 1 aromatic rings. The van der Waals surface area contributed by atoms with E-state index in [9.17, 15) is 24.3 Å². The molecule has 5 atom stereocenters. The average molecular weight is 537 g/mol. The van der Waals surface area contributed by atoms with Crippen molar-refractivity contribution >= 4 is 29.2 Å². The normalized spacial score (nSPS) is 33.0. The lowest BCUT2D eigenvalue weighted by Crippen LogP contribution is -2.57. The Morgan fingerprint density at radius 2 is 1.95 bits per heavy atom. The van der Waals surface area contributed by atoms with Gasteiger partial charge >= 0.3 is 11.9 Å². The minimum Gasteiger partial charge on any atom is -0.504 e. The molecule has 1 saturated heterocycles. The summed E-state index contributed by atoms with van der Waals surface area (Å²) in [6, 6.07) is 3.49. The SMILES string of the molecule is COC[C@H]1OC(=O)/C(=C\N(C)c2ccncc2)C2=C(O)C(=O)C3=C([C@H](OC(C)=O)C[C@]4(C)C(=O)CC[C@@H]34)[C@]21C. The predicted octanol–water partition coefficient (Wildman–Crippen LogP) is 2.99. The lowest BCUT2D eigenvalue weighted by molar-refractivity contribution is -0.160. The van der Waals surface area contributed by atoms with Crippen molar-refractivity contribution in [2.45, 2.75) is 52.2 Å². The number of nitrogens with zero attached hydrogens (tertiary/aromatic N) is 2. The molecule has 5 rings (SSSR count). The second-order valence-corrected chi connectivity index (χ2v) is 11.0. The van der Waals surface area contributed by atoms with Gasteiger partial charge in [0.2, 0.25) is 5.78 Å². The number of carbonyl (C=O) groups excluding carboxylic acids is 4. The number of fused-ring (bicyclic) bond motifs is 4. The summed E-state index contributed by atoms with van der Waals surface area (Å²) in [4.78, 5) is 58.4. The second-order valence-electron chi connectivity index (χ2n) is 11.0. The summed E-state index contributed by atoms with van der Waals surface area (Å²) in [6.07, 6.45) is 3.75. The van der Waals surface area contributed by atoms with Crippen LogP contribution in [0.25, 0.3) is 0 Å². The molecule has 3 aliphatic carbocycles. The number of carbonyl (C=O) groups is 4. The lowest BCUT2D eigenvalue weighted by atomic mass is 9.53. The van der Waals surface area contributed by atoms with E-state index < -0.39 is 52.4 Å². The van der Waals surface area contributed by atoms with Crippen molar-refractivity contribution in [2.24, 2.45) is 16.7 Å². The second kappa shape index (κ2) is 9.44. The number of hydrogen-bond acceptors (Lipinski definition) is 10. The zero-order valence-electron chi connectivity index (χ0n) is 22.6. The monoisotopic (exact) mass is 536 g/mol.